The van der Waals surface area contributed by atoms with Crippen molar-refractivity contribution in [1.82, 2.24) is 15.2 Å². The molecule has 186 valence electrons. The minimum absolute atomic E-state index is 0.116. The van der Waals surface area contributed by atoms with Crippen LogP contribution >= 0.6 is 11.3 Å². The van der Waals surface area contributed by atoms with Crippen LogP contribution in [0.1, 0.15) is 35.5 Å². The zero-order valence-corrected chi connectivity index (χ0v) is 21.1. The maximum absolute atomic E-state index is 13.4. The van der Waals surface area contributed by atoms with E-state index >= 15 is 0 Å². The second-order valence-electron chi connectivity index (χ2n) is 9.67. The third kappa shape index (κ3) is 5.55. The molecular weight excluding hydrogens is 460 g/mol. The molecule has 7 nitrogen and oxygen atoms in total. The van der Waals surface area contributed by atoms with E-state index in [2.05, 4.69) is 10.3 Å². The number of aliphatic hydroxyl groups excluding tert-OH is 1. The van der Waals surface area contributed by atoms with Gasteiger partial charge in [0, 0.05) is 35.7 Å². The number of hydrogen-bond donors (Lipinski definition) is 3. The molecule has 0 saturated carbocycles. The predicted octanol–water partition coefficient (Wildman–Crippen LogP) is 2.74. The minimum Gasteiger partial charge on any atom is -0.391 e. The first kappa shape index (κ1) is 25.3. The monoisotopic (exact) mass is 494 g/mol. The molecule has 2 heterocycles. The van der Waals surface area contributed by atoms with Crippen LogP contribution in [0.15, 0.2) is 59.5 Å². The summed E-state index contributed by atoms with van der Waals surface area (Å²) in [7, 11) is 1.74. The van der Waals surface area contributed by atoms with Gasteiger partial charge in [-0.3, -0.25) is 9.59 Å². The van der Waals surface area contributed by atoms with Gasteiger partial charge in [-0.1, -0.05) is 48.6 Å². The first-order valence-corrected chi connectivity index (χ1v) is 13.0. The highest BCUT2D eigenvalue weighted by Gasteiger charge is 2.49. The number of likely N-dealkylation sites (N-methyl/N-ethyl adjacent to an activating group) is 1. The number of allylic oxidation sites excluding steroid dienone is 2. The Bertz CT molecular complexity index is 1110. The molecule has 8 heteroatoms. The van der Waals surface area contributed by atoms with Crippen LogP contribution in [-0.4, -0.2) is 52.5 Å². The number of carbonyl (C=O) groups is 2. The summed E-state index contributed by atoms with van der Waals surface area (Å²) in [5.41, 5.74) is 7.34. The van der Waals surface area contributed by atoms with Crippen molar-refractivity contribution >= 4 is 23.2 Å². The lowest BCUT2D eigenvalue weighted by molar-refractivity contribution is -0.132. The topological polar surface area (TPSA) is 109 Å². The Labute approximate surface area is 210 Å². The molecule has 1 aliphatic heterocycles. The van der Waals surface area contributed by atoms with E-state index in [1.165, 1.54) is 11.3 Å². The second-order valence-corrected chi connectivity index (χ2v) is 10.6. The molecule has 4 atom stereocenters. The van der Waals surface area contributed by atoms with Crippen LogP contribution in [0.25, 0.3) is 0 Å². The fraction of sp³-hybridized carbons (Fsp3) is 0.444. The van der Waals surface area contributed by atoms with Crippen LogP contribution in [0, 0.1) is 18.3 Å². The molecule has 1 aromatic heterocycles. The number of aliphatic hydroxyl groups is 1. The van der Waals surface area contributed by atoms with Crippen LogP contribution in [0.5, 0.6) is 0 Å². The SMILES string of the molecule is Cc1csc(CN(C)C(=O)C2=CC=CC(C(N)=O)([C@H](Cc3ccccc3)[C@@H](O)[C@H]3CCCN3)C2)n1. The van der Waals surface area contributed by atoms with Crippen LogP contribution in [-0.2, 0) is 22.6 Å². The number of primary amides is 1. The molecule has 1 fully saturated rings. The predicted molar refractivity (Wildman–Crippen MR) is 137 cm³/mol. The van der Waals surface area contributed by atoms with Crippen LogP contribution in [0.4, 0.5) is 0 Å². The van der Waals surface area contributed by atoms with Crippen LogP contribution in [0.3, 0.4) is 0 Å². The van der Waals surface area contributed by atoms with Crippen molar-refractivity contribution in [1.29, 1.82) is 0 Å². The van der Waals surface area contributed by atoms with E-state index < -0.39 is 23.3 Å². The number of nitrogens with one attached hydrogen (secondary N) is 1. The summed E-state index contributed by atoms with van der Waals surface area (Å²) in [6.07, 6.45) is 6.95. The summed E-state index contributed by atoms with van der Waals surface area (Å²) in [4.78, 5) is 32.6. The molecule has 0 radical (unpaired) electrons. The molecule has 1 aromatic carbocycles. The first-order chi connectivity index (χ1) is 16.8. The quantitative estimate of drug-likeness (QED) is 0.497. The van der Waals surface area contributed by atoms with Crippen molar-refractivity contribution in [3.05, 3.63) is 75.8 Å². The zero-order valence-electron chi connectivity index (χ0n) is 20.3. The molecule has 2 aliphatic rings. The molecule has 0 bridgehead atoms. The van der Waals surface area contributed by atoms with E-state index in [4.69, 9.17) is 5.73 Å². The minimum atomic E-state index is -1.18. The number of nitrogens with zero attached hydrogens (tertiary/aromatic N) is 2. The zero-order chi connectivity index (χ0) is 25.0. The summed E-state index contributed by atoms with van der Waals surface area (Å²) in [6, 6.07) is 9.71. The lowest BCUT2D eigenvalue weighted by Crippen LogP contribution is -2.53. The molecule has 0 spiro atoms. The Morgan fingerprint density at radius 3 is 2.74 bits per heavy atom. The normalized spacial score (nSPS) is 23.5. The van der Waals surface area contributed by atoms with Gasteiger partial charge in [-0.15, -0.1) is 11.3 Å². The summed E-state index contributed by atoms with van der Waals surface area (Å²) >= 11 is 1.52. The van der Waals surface area contributed by atoms with E-state index in [1.54, 1.807) is 30.2 Å². The van der Waals surface area contributed by atoms with Crippen LogP contribution < -0.4 is 11.1 Å². The summed E-state index contributed by atoms with van der Waals surface area (Å²) in [6.45, 7) is 3.16. The third-order valence-corrected chi connectivity index (χ3v) is 8.13. The van der Waals surface area contributed by atoms with E-state index in [0.717, 1.165) is 35.7 Å². The maximum atomic E-state index is 13.4. The van der Waals surface area contributed by atoms with E-state index in [9.17, 15) is 14.7 Å². The lowest BCUT2D eigenvalue weighted by atomic mass is 9.63. The van der Waals surface area contributed by atoms with Crippen molar-refractivity contribution in [3.63, 3.8) is 0 Å². The standard InChI is InChI=1S/C27H34N4O3S/c1-18-17-35-23(30-18)16-31(2)25(33)20-10-6-12-27(15-20,26(28)34)21(14-19-8-4-3-5-9-19)24(32)22-11-7-13-29-22/h3-6,8-10,12,17,21-22,24,29,32H,7,11,13-16H2,1-2H3,(H2,28,34)/t21-,22-,24-,27?/m1/s1. The average molecular weight is 495 g/mol. The van der Waals surface area contributed by atoms with Crippen molar-refractivity contribution in [2.24, 2.45) is 17.1 Å². The Kier molecular flexibility index (Phi) is 7.84. The molecule has 4 rings (SSSR count). The van der Waals surface area contributed by atoms with Gasteiger partial charge in [0.2, 0.25) is 11.8 Å². The highest BCUT2D eigenvalue weighted by molar-refractivity contribution is 7.09. The van der Waals surface area contributed by atoms with E-state index in [1.807, 2.05) is 42.6 Å². The van der Waals surface area contributed by atoms with Crippen molar-refractivity contribution in [2.75, 3.05) is 13.6 Å². The number of benzene rings is 1. The van der Waals surface area contributed by atoms with Crippen molar-refractivity contribution in [2.45, 2.75) is 51.3 Å². The lowest BCUT2D eigenvalue weighted by Gasteiger charge is -2.42. The van der Waals surface area contributed by atoms with Gasteiger partial charge in [-0.05, 0) is 44.7 Å². The first-order valence-electron chi connectivity index (χ1n) is 12.1. The Morgan fingerprint density at radius 2 is 2.11 bits per heavy atom. The molecule has 2 amide bonds. The largest absolute Gasteiger partial charge is 0.391 e. The summed E-state index contributed by atoms with van der Waals surface area (Å²) < 4.78 is 0. The number of aryl methyl sites for hydroxylation is 1. The Balaban J connectivity index is 1.62. The number of aromatic nitrogens is 1. The number of hydrogen-bond acceptors (Lipinski definition) is 6. The molecule has 1 unspecified atom stereocenters. The fourth-order valence-electron chi connectivity index (χ4n) is 5.28. The smallest absolute Gasteiger partial charge is 0.249 e. The van der Waals surface area contributed by atoms with E-state index in [0.29, 0.717) is 18.5 Å². The molecule has 1 saturated heterocycles. The van der Waals surface area contributed by atoms with Crippen LogP contribution in [0.2, 0.25) is 0 Å². The average Bonchev–Trinajstić information content (AvgIpc) is 3.54. The van der Waals surface area contributed by atoms with Gasteiger partial charge in [-0.2, -0.15) is 0 Å². The summed E-state index contributed by atoms with van der Waals surface area (Å²) in [5.74, 6) is -1.18. The van der Waals surface area contributed by atoms with Gasteiger partial charge in [0.25, 0.3) is 0 Å². The Hall–Kier alpha value is -2.81. The highest BCUT2D eigenvalue weighted by Crippen LogP contribution is 2.44. The molecular formula is C27H34N4O3S. The van der Waals surface area contributed by atoms with Gasteiger partial charge < -0.3 is 21.1 Å². The van der Waals surface area contributed by atoms with Gasteiger partial charge in [0.15, 0.2) is 0 Å². The number of carbonyl (C=O) groups excluding carboxylic acids is 2. The third-order valence-electron chi connectivity index (χ3n) is 7.18. The van der Waals surface area contributed by atoms with Gasteiger partial charge in [0.05, 0.1) is 18.1 Å². The van der Waals surface area contributed by atoms with E-state index in [-0.39, 0.29) is 18.4 Å². The fourth-order valence-corrected chi connectivity index (χ4v) is 6.10. The van der Waals surface area contributed by atoms with Gasteiger partial charge >= 0.3 is 0 Å². The number of nitrogens with two attached hydrogens (primary N) is 1. The molecule has 4 N–H and O–H groups in total. The Morgan fingerprint density at radius 1 is 1.34 bits per heavy atom. The van der Waals surface area contributed by atoms with Gasteiger partial charge in [-0.25, -0.2) is 4.98 Å². The molecule has 1 aliphatic carbocycles. The molecule has 35 heavy (non-hydrogen) atoms. The molecule has 2 aromatic rings. The van der Waals surface area contributed by atoms with Crippen molar-refractivity contribution in [3.8, 4) is 0 Å². The van der Waals surface area contributed by atoms with Crippen molar-refractivity contribution < 1.29 is 14.7 Å². The number of amides is 2. The highest BCUT2D eigenvalue weighted by atomic mass is 32.1. The maximum Gasteiger partial charge on any atom is 0.249 e. The second kappa shape index (κ2) is 10.8. The number of thiazole rings is 1. The number of rotatable bonds is 9. The van der Waals surface area contributed by atoms with Gasteiger partial charge in [0.1, 0.15) is 5.01 Å². The summed E-state index contributed by atoms with van der Waals surface area (Å²) in [5, 5.41) is 17.7.